The molecule has 0 bridgehead atoms. The summed E-state index contributed by atoms with van der Waals surface area (Å²) < 4.78 is 7.17. The smallest absolute Gasteiger partial charge is 0.253 e. The Balaban J connectivity index is 1.78. The maximum atomic E-state index is 12.7. The fraction of sp³-hybridized carbons (Fsp3) is 0.412. The van der Waals surface area contributed by atoms with E-state index in [1.807, 2.05) is 44.3 Å². The molecule has 23 heavy (non-hydrogen) atoms. The highest BCUT2D eigenvalue weighted by Gasteiger charge is 2.20. The molecule has 2 heterocycles. The van der Waals surface area contributed by atoms with Crippen LogP contribution < -0.4 is 10.2 Å². The van der Waals surface area contributed by atoms with Crippen LogP contribution in [0.25, 0.3) is 0 Å². The molecule has 3 rings (SSSR count). The Hall–Kier alpha value is -2.34. The number of carbonyl (C=O) groups excluding carboxylic acids is 1. The van der Waals surface area contributed by atoms with Crippen molar-refractivity contribution in [2.45, 2.75) is 13.0 Å². The van der Waals surface area contributed by atoms with E-state index in [9.17, 15) is 4.79 Å². The fourth-order valence-corrected chi connectivity index (χ4v) is 2.90. The minimum absolute atomic E-state index is 0.0687. The second-order valence-electron chi connectivity index (χ2n) is 5.69. The van der Waals surface area contributed by atoms with Gasteiger partial charge in [0.15, 0.2) is 0 Å². The first-order valence-corrected chi connectivity index (χ1v) is 7.87. The quantitative estimate of drug-likeness (QED) is 0.934. The number of carbonyl (C=O) groups is 1. The fourth-order valence-electron chi connectivity index (χ4n) is 2.90. The van der Waals surface area contributed by atoms with E-state index in [0.29, 0.717) is 18.8 Å². The molecule has 1 aliphatic heterocycles. The lowest BCUT2D eigenvalue weighted by Crippen LogP contribution is -2.38. The highest BCUT2D eigenvalue weighted by atomic mass is 16.5. The third kappa shape index (κ3) is 3.37. The van der Waals surface area contributed by atoms with E-state index in [4.69, 9.17) is 4.74 Å². The average molecular weight is 314 g/mol. The summed E-state index contributed by atoms with van der Waals surface area (Å²) in [6.07, 6.45) is 1.74. The zero-order valence-electron chi connectivity index (χ0n) is 13.5. The molecule has 1 saturated heterocycles. The van der Waals surface area contributed by atoms with Gasteiger partial charge in [-0.1, -0.05) is 12.1 Å². The predicted molar refractivity (Wildman–Crippen MR) is 88.6 cm³/mol. The zero-order chi connectivity index (χ0) is 16.2. The molecule has 1 aromatic heterocycles. The normalized spacial score (nSPS) is 16.2. The van der Waals surface area contributed by atoms with Crippen LogP contribution in [0.1, 0.15) is 29.0 Å². The number of nitrogens with one attached hydrogen (secondary N) is 1. The highest BCUT2D eigenvalue weighted by molar-refractivity contribution is 6.00. The van der Waals surface area contributed by atoms with Gasteiger partial charge in [-0.2, -0.15) is 5.10 Å². The molecule has 1 unspecified atom stereocenters. The van der Waals surface area contributed by atoms with E-state index in [0.717, 1.165) is 24.5 Å². The molecule has 0 saturated carbocycles. The van der Waals surface area contributed by atoms with Gasteiger partial charge in [-0.15, -0.1) is 0 Å². The molecule has 1 N–H and O–H groups in total. The summed E-state index contributed by atoms with van der Waals surface area (Å²) in [4.78, 5) is 14.9. The number of aromatic nitrogens is 2. The van der Waals surface area contributed by atoms with Gasteiger partial charge < -0.3 is 15.0 Å². The van der Waals surface area contributed by atoms with Crippen LogP contribution >= 0.6 is 0 Å². The summed E-state index contributed by atoms with van der Waals surface area (Å²) in [6, 6.07) is 9.54. The van der Waals surface area contributed by atoms with Crippen LogP contribution in [0.3, 0.4) is 0 Å². The minimum Gasteiger partial charge on any atom is -0.378 e. The van der Waals surface area contributed by atoms with Gasteiger partial charge in [-0.3, -0.25) is 9.48 Å². The topological polar surface area (TPSA) is 59.4 Å². The molecule has 1 aliphatic rings. The number of benzene rings is 1. The molecule has 1 fully saturated rings. The first kappa shape index (κ1) is 15.6. The minimum atomic E-state index is -0.104. The summed E-state index contributed by atoms with van der Waals surface area (Å²) in [6.45, 7) is 4.97. The number of amides is 1. The molecular weight excluding hydrogens is 292 g/mol. The molecule has 0 radical (unpaired) electrons. The number of morpholine rings is 1. The SMILES string of the molecule is CC(NC(=O)c1ccccc1N1CCOCC1)c1ccnn1C. The molecule has 122 valence electrons. The van der Waals surface area contributed by atoms with Gasteiger partial charge in [-0.25, -0.2) is 0 Å². The first-order valence-electron chi connectivity index (χ1n) is 7.87. The number of hydrogen-bond acceptors (Lipinski definition) is 4. The maximum Gasteiger partial charge on any atom is 0.253 e. The van der Waals surface area contributed by atoms with Gasteiger partial charge >= 0.3 is 0 Å². The molecule has 0 aliphatic carbocycles. The van der Waals surface area contributed by atoms with Crippen LogP contribution in [-0.2, 0) is 11.8 Å². The van der Waals surface area contributed by atoms with E-state index in [1.165, 1.54) is 0 Å². The lowest BCUT2D eigenvalue weighted by atomic mass is 10.1. The summed E-state index contributed by atoms with van der Waals surface area (Å²) in [5, 5.41) is 7.21. The van der Waals surface area contributed by atoms with Crippen molar-refractivity contribution in [2.24, 2.45) is 7.05 Å². The summed E-state index contributed by atoms with van der Waals surface area (Å²) in [7, 11) is 1.87. The van der Waals surface area contributed by atoms with Crippen molar-refractivity contribution in [3.63, 3.8) is 0 Å². The van der Waals surface area contributed by atoms with Crippen LogP contribution in [0, 0.1) is 0 Å². The van der Waals surface area contributed by atoms with E-state index >= 15 is 0 Å². The van der Waals surface area contributed by atoms with Crippen LogP contribution in [0.15, 0.2) is 36.5 Å². The Morgan fingerprint density at radius 1 is 1.26 bits per heavy atom. The second kappa shape index (κ2) is 6.83. The van der Waals surface area contributed by atoms with Gasteiger partial charge in [0.1, 0.15) is 0 Å². The Morgan fingerprint density at radius 3 is 2.70 bits per heavy atom. The Bertz CT molecular complexity index is 677. The number of hydrogen-bond donors (Lipinski definition) is 1. The van der Waals surface area contributed by atoms with Gasteiger partial charge in [0.05, 0.1) is 30.5 Å². The van der Waals surface area contributed by atoms with Crippen LogP contribution in [0.5, 0.6) is 0 Å². The summed E-state index contributed by atoms with van der Waals surface area (Å²) >= 11 is 0. The summed E-state index contributed by atoms with van der Waals surface area (Å²) in [5.74, 6) is -0.0687. The number of rotatable bonds is 4. The molecule has 6 heteroatoms. The molecule has 2 aromatic rings. The number of nitrogens with zero attached hydrogens (tertiary/aromatic N) is 3. The first-order chi connectivity index (χ1) is 11.2. The molecule has 6 nitrogen and oxygen atoms in total. The number of para-hydroxylation sites is 1. The molecule has 1 aromatic carbocycles. The number of aryl methyl sites for hydroxylation is 1. The van der Waals surface area contributed by atoms with Crippen molar-refractivity contribution in [2.75, 3.05) is 31.2 Å². The highest BCUT2D eigenvalue weighted by Crippen LogP contribution is 2.22. The predicted octanol–water partition coefficient (Wildman–Crippen LogP) is 1.75. The van der Waals surface area contributed by atoms with E-state index in [2.05, 4.69) is 15.3 Å². The lowest BCUT2D eigenvalue weighted by Gasteiger charge is -2.30. The van der Waals surface area contributed by atoms with Gasteiger partial charge in [0.25, 0.3) is 5.91 Å². The standard InChI is InChI=1S/C17H22N4O2/c1-13(15-7-8-18-20(15)2)19-17(22)14-5-3-4-6-16(14)21-9-11-23-12-10-21/h3-8,13H,9-12H2,1-2H3,(H,19,22). The van der Waals surface area contributed by atoms with Crippen LogP contribution in [0.4, 0.5) is 5.69 Å². The average Bonchev–Trinajstić information content (AvgIpc) is 3.02. The van der Waals surface area contributed by atoms with Crippen molar-refractivity contribution in [1.29, 1.82) is 0 Å². The maximum absolute atomic E-state index is 12.7. The largest absolute Gasteiger partial charge is 0.378 e. The third-order valence-electron chi connectivity index (χ3n) is 4.15. The van der Waals surface area contributed by atoms with Crippen LogP contribution in [0.2, 0.25) is 0 Å². The number of anilines is 1. The Kier molecular flexibility index (Phi) is 4.62. The van der Waals surface area contributed by atoms with E-state index in [-0.39, 0.29) is 11.9 Å². The Labute approximate surface area is 136 Å². The van der Waals surface area contributed by atoms with Crippen molar-refractivity contribution in [3.05, 3.63) is 47.8 Å². The monoisotopic (exact) mass is 314 g/mol. The zero-order valence-corrected chi connectivity index (χ0v) is 13.5. The van der Waals surface area contributed by atoms with Gasteiger partial charge in [-0.05, 0) is 25.1 Å². The van der Waals surface area contributed by atoms with Gasteiger partial charge in [0, 0.05) is 32.0 Å². The van der Waals surface area contributed by atoms with Crippen molar-refractivity contribution >= 4 is 11.6 Å². The lowest BCUT2D eigenvalue weighted by molar-refractivity contribution is 0.0937. The van der Waals surface area contributed by atoms with Crippen molar-refractivity contribution < 1.29 is 9.53 Å². The van der Waals surface area contributed by atoms with Crippen molar-refractivity contribution in [3.8, 4) is 0 Å². The number of ether oxygens (including phenoxy) is 1. The second-order valence-corrected chi connectivity index (χ2v) is 5.69. The molecule has 0 spiro atoms. The van der Waals surface area contributed by atoms with Crippen LogP contribution in [-0.4, -0.2) is 42.0 Å². The van der Waals surface area contributed by atoms with Gasteiger partial charge in [0.2, 0.25) is 0 Å². The molecular formula is C17H22N4O2. The molecule has 1 amide bonds. The summed E-state index contributed by atoms with van der Waals surface area (Å²) in [5.41, 5.74) is 2.64. The Morgan fingerprint density at radius 2 is 2.00 bits per heavy atom. The third-order valence-corrected chi connectivity index (χ3v) is 4.15. The molecule has 1 atom stereocenters. The van der Waals surface area contributed by atoms with E-state index in [1.54, 1.807) is 10.9 Å². The van der Waals surface area contributed by atoms with Crippen molar-refractivity contribution in [1.82, 2.24) is 15.1 Å². The van der Waals surface area contributed by atoms with E-state index < -0.39 is 0 Å².